The molecule has 0 bridgehead atoms. The summed E-state index contributed by atoms with van der Waals surface area (Å²) in [5, 5.41) is 7.05. The molecule has 0 amide bonds. The molecule has 0 radical (unpaired) electrons. The Morgan fingerprint density at radius 3 is 3.25 bits per heavy atom. The standard InChI is InChI=1S/C7H10N4S/c8-7(12)11-10-5-6-3-1-2-4-9-6/h1-3,5,9H,4H2,(H3,8,11,12). The summed E-state index contributed by atoms with van der Waals surface area (Å²) in [6.45, 7) is 0.824. The summed E-state index contributed by atoms with van der Waals surface area (Å²) in [5.41, 5.74) is 8.56. The first-order valence-corrected chi connectivity index (χ1v) is 3.89. The Hall–Kier alpha value is -1.36. The van der Waals surface area contributed by atoms with Gasteiger partial charge in [-0.25, -0.2) is 0 Å². The van der Waals surface area contributed by atoms with Crippen molar-refractivity contribution in [3.05, 3.63) is 23.9 Å². The Kier molecular flexibility index (Phi) is 3.28. The maximum atomic E-state index is 5.16. The zero-order valence-corrected chi connectivity index (χ0v) is 7.27. The molecule has 4 N–H and O–H groups in total. The van der Waals surface area contributed by atoms with E-state index in [2.05, 4.69) is 28.1 Å². The highest BCUT2D eigenvalue weighted by molar-refractivity contribution is 7.80. The highest BCUT2D eigenvalue weighted by Gasteiger charge is 1.92. The van der Waals surface area contributed by atoms with Crippen molar-refractivity contribution in [2.45, 2.75) is 0 Å². The lowest BCUT2D eigenvalue weighted by Crippen LogP contribution is -2.25. The molecule has 1 aliphatic rings. The number of hydrazone groups is 1. The molecule has 0 aromatic heterocycles. The lowest BCUT2D eigenvalue weighted by atomic mass is 10.3. The van der Waals surface area contributed by atoms with Crippen LogP contribution in [0.4, 0.5) is 0 Å². The molecule has 0 aromatic carbocycles. The summed E-state index contributed by atoms with van der Waals surface area (Å²) in [5.74, 6) is 0. The number of nitrogens with two attached hydrogens (primary N) is 1. The molecule has 4 nitrogen and oxygen atoms in total. The smallest absolute Gasteiger partial charge is 0.184 e. The minimum atomic E-state index is 0.165. The average Bonchev–Trinajstić information content (AvgIpc) is 2.05. The second kappa shape index (κ2) is 4.50. The molecule has 1 heterocycles. The van der Waals surface area contributed by atoms with Crippen LogP contribution in [0, 0.1) is 0 Å². The van der Waals surface area contributed by atoms with Crippen molar-refractivity contribution in [2.75, 3.05) is 6.54 Å². The van der Waals surface area contributed by atoms with E-state index < -0.39 is 0 Å². The van der Waals surface area contributed by atoms with Crippen molar-refractivity contribution in [1.29, 1.82) is 0 Å². The second-order valence-electron chi connectivity index (χ2n) is 2.17. The molecule has 0 fully saturated rings. The SMILES string of the molecule is NC(=S)NN=CC1=CC=CCN1. The van der Waals surface area contributed by atoms with Gasteiger partial charge in [-0.3, -0.25) is 5.43 Å². The number of hydrogen-bond acceptors (Lipinski definition) is 3. The Balaban J connectivity index is 2.39. The first-order valence-electron chi connectivity index (χ1n) is 3.48. The van der Waals surface area contributed by atoms with Crippen molar-refractivity contribution in [3.63, 3.8) is 0 Å². The molecule has 0 saturated carbocycles. The predicted molar refractivity (Wildman–Crippen MR) is 53.6 cm³/mol. The van der Waals surface area contributed by atoms with Gasteiger partial charge in [0.25, 0.3) is 0 Å². The molecule has 1 aliphatic heterocycles. The summed E-state index contributed by atoms with van der Waals surface area (Å²) in [6, 6.07) is 0. The first kappa shape index (κ1) is 8.73. The largest absolute Gasteiger partial charge is 0.380 e. The second-order valence-corrected chi connectivity index (χ2v) is 2.61. The van der Waals surface area contributed by atoms with Gasteiger partial charge in [-0.1, -0.05) is 12.2 Å². The molecule has 64 valence electrons. The van der Waals surface area contributed by atoms with Gasteiger partial charge in [-0.15, -0.1) is 0 Å². The molecular formula is C7H10N4S. The summed E-state index contributed by atoms with van der Waals surface area (Å²) < 4.78 is 0. The number of thiocarbonyl (C=S) groups is 1. The molecule has 5 heteroatoms. The van der Waals surface area contributed by atoms with Gasteiger partial charge in [0.05, 0.1) is 11.9 Å². The highest BCUT2D eigenvalue weighted by Crippen LogP contribution is 1.91. The van der Waals surface area contributed by atoms with E-state index in [4.69, 9.17) is 5.73 Å². The number of dihydropyridines is 1. The van der Waals surface area contributed by atoms with Crippen LogP contribution in [0.3, 0.4) is 0 Å². The van der Waals surface area contributed by atoms with Crippen molar-refractivity contribution in [3.8, 4) is 0 Å². The lowest BCUT2D eigenvalue weighted by molar-refractivity contribution is 0.932. The summed E-state index contributed by atoms with van der Waals surface area (Å²) in [7, 11) is 0. The quantitative estimate of drug-likeness (QED) is 0.316. The van der Waals surface area contributed by atoms with Crippen LogP contribution >= 0.6 is 12.2 Å². The van der Waals surface area contributed by atoms with Gasteiger partial charge < -0.3 is 11.1 Å². The topological polar surface area (TPSA) is 62.4 Å². The van der Waals surface area contributed by atoms with E-state index in [9.17, 15) is 0 Å². The van der Waals surface area contributed by atoms with Crippen LogP contribution in [0.2, 0.25) is 0 Å². The molecule has 12 heavy (non-hydrogen) atoms. The number of nitrogens with zero attached hydrogens (tertiary/aromatic N) is 1. The summed E-state index contributed by atoms with van der Waals surface area (Å²) in [4.78, 5) is 0. The van der Waals surface area contributed by atoms with Crippen molar-refractivity contribution in [2.24, 2.45) is 10.8 Å². The summed E-state index contributed by atoms with van der Waals surface area (Å²) >= 11 is 4.56. The third-order valence-corrected chi connectivity index (χ3v) is 1.31. The van der Waals surface area contributed by atoms with E-state index in [1.54, 1.807) is 6.21 Å². The van der Waals surface area contributed by atoms with Gasteiger partial charge in [0.15, 0.2) is 5.11 Å². The van der Waals surface area contributed by atoms with E-state index in [1.165, 1.54) is 0 Å². The van der Waals surface area contributed by atoms with Gasteiger partial charge in [-0.05, 0) is 18.3 Å². The Bertz CT molecular complexity index is 254. The molecule has 0 spiro atoms. The van der Waals surface area contributed by atoms with Crippen LogP contribution in [0.5, 0.6) is 0 Å². The highest BCUT2D eigenvalue weighted by atomic mass is 32.1. The van der Waals surface area contributed by atoms with E-state index in [1.807, 2.05) is 18.2 Å². The molecule has 0 saturated heterocycles. The average molecular weight is 182 g/mol. The number of hydrogen-bond donors (Lipinski definition) is 3. The van der Waals surface area contributed by atoms with Gasteiger partial charge in [0, 0.05) is 6.54 Å². The fourth-order valence-corrected chi connectivity index (χ4v) is 0.782. The number of allylic oxidation sites excluding steroid dienone is 3. The third-order valence-electron chi connectivity index (χ3n) is 1.21. The van der Waals surface area contributed by atoms with Crippen LogP contribution in [0.25, 0.3) is 0 Å². The van der Waals surface area contributed by atoms with E-state index >= 15 is 0 Å². The van der Waals surface area contributed by atoms with Crippen LogP contribution in [-0.2, 0) is 0 Å². The van der Waals surface area contributed by atoms with Gasteiger partial charge in [0.1, 0.15) is 0 Å². The van der Waals surface area contributed by atoms with E-state index in [0.29, 0.717) is 0 Å². The minimum Gasteiger partial charge on any atom is -0.380 e. The summed E-state index contributed by atoms with van der Waals surface area (Å²) in [6.07, 6.45) is 7.51. The maximum Gasteiger partial charge on any atom is 0.184 e. The number of nitrogens with one attached hydrogen (secondary N) is 2. The van der Waals surface area contributed by atoms with Crippen LogP contribution in [0.15, 0.2) is 29.0 Å². The third kappa shape index (κ3) is 3.16. The normalized spacial score (nSPS) is 15.5. The molecule has 0 aromatic rings. The van der Waals surface area contributed by atoms with Gasteiger partial charge in [0.2, 0.25) is 0 Å². The van der Waals surface area contributed by atoms with Crippen LogP contribution < -0.4 is 16.5 Å². The fourth-order valence-electron chi connectivity index (χ4n) is 0.730. The van der Waals surface area contributed by atoms with Crippen molar-refractivity contribution in [1.82, 2.24) is 10.7 Å². The zero-order valence-electron chi connectivity index (χ0n) is 6.45. The minimum absolute atomic E-state index is 0.165. The van der Waals surface area contributed by atoms with Crippen molar-refractivity contribution < 1.29 is 0 Å². The van der Waals surface area contributed by atoms with Crippen molar-refractivity contribution >= 4 is 23.5 Å². The molecule has 0 aliphatic carbocycles. The monoisotopic (exact) mass is 182 g/mol. The zero-order chi connectivity index (χ0) is 8.81. The molecular weight excluding hydrogens is 172 g/mol. The Morgan fingerprint density at radius 2 is 2.67 bits per heavy atom. The van der Waals surface area contributed by atoms with Gasteiger partial charge >= 0.3 is 0 Å². The molecule has 1 rings (SSSR count). The van der Waals surface area contributed by atoms with E-state index in [0.717, 1.165) is 12.2 Å². The maximum absolute atomic E-state index is 5.16. The predicted octanol–water partition coefficient (Wildman–Crippen LogP) is -0.151. The fraction of sp³-hybridized carbons (Fsp3) is 0.143. The molecule has 0 unspecified atom stereocenters. The first-order chi connectivity index (χ1) is 5.79. The van der Waals surface area contributed by atoms with Crippen LogP contribution in [0.1, 0.15) is 0 Å². The molecule has 0 atom stereocenters. The Labute approximate surface area is 76.2 Å². The number of rotatable bonds is 2. The van der Waals surface area contributed by atoms with Gasteiger partial charge in [-0.2, -0.15) is 5.10 Å². The Morgan fingerprint density at radius 1 is 1.83 bits per heavy atom. The van der Waals surface area contributed by atoms with Crippen LogP contribution in [-0.4, -0.2) is 17.9 Å². The van der Waals surface area contributed by atoms with E-state index in [-0.39, 0.29) is 5.11 Å². The lowest BCUT2D eigenvalue weighted by Gasteiger charge is -2.06.